The van der Waals surface area contributed by atoms with E-state index in [-0.39, 0.29) is 29.2 Å². The summed E-state index contributed by atoms with van der Waals surface area (Å²) in [5, 5.41) is 15.7. The van der Waals surface area contributed by atoms with E-state index >= 15 is 0 Å². The SMILES string of the molecule is O=C(Nc1nccs1)C1CCCN1C(=O)Cn1c(=O)oc2cc([N+](=O)[O-])ccc21. The third kappa shape index (κ3) is 3.61. The molecule has 1 saturated heterocycles. The van der Waals surface area contributed by atoms with Gasteiger partial charge in [-0.3, -0.25) is 24.3 Å². The molecule has 3 heterocycles. The zero-order valence-corrected chi connectivity index (χ0v) is 15.8. The normalized spacial score (nSPS) is 16.3. The molecule has 1 aliphatic heterocycles. The standard InChI is InChI=1S/C17H15N5O6S/c23-14(20-6-1-2-12(20)15(24)19-16-18-5-7-29-16)9-21-11-4-3-10(22(26)27)8-13(11)28-17(21)25/h3-5,7-8,12H,1-2,6,9H2,(H,18,19,24). The molecule has 11 nitrogen and oxygen atoms in total. The Bertz CT molecular complexity index is 1150. The van der Waals surface area contributed by atoms with Gasteiger partial charge < -0.3 is 14.6 Å². The van der Waals surface area contributed by atoms with E-state index in [1.165, 1.54) is 28.4 Å². The number of rotatable bonds is 5. The lowest BCUT2D eigenvalue weighted by Gasteiger charge is -2.23. The van der Waals surface area contributed by atoms with Crippen LogP contribution in [0, 0.1) is 10.1 Å². The number of carbonyl (C=O) groups is 2. The molecule has 1 aliphatic rings. The number of likely N-dealkylation sites (tertiary alicyclic amines) is 1. The maximum atomic E-state index is 12.8. The Morgan fingerprint density at radius 1 is 1.41 bits per heavy atom. The summed E-state index contributed by atoms with van der Waals surface area (Å²) in [5.41, 5.74) is 0.0802. The highest BCUT2D eigenvalue weighted by molar-refractivity contribution is 7.13. The Balaban J connectivity index is 1.54. The van der Waals surface area contributed by atoms with Crippen molar-refractivity contribution in [2.45, 2.75) is 25.4 Å². The van der Waals surface area contributed by atoms with Gasteiger partial charge in [0.2, 0.25) is 11.8 Å². The fourth-order valence-electron chi connectivity index (χ4n) is 3.36. The molecule has 0 saturated carbocycles. The molecular formula is C17H15N5O6S. The summed E-state index contributed by atoms with van der Waals surface area (Å²) >= 11 is 1.28. The van der Waals surface area contributed by atoms with E-state index in [2.05, 4.69) is 10.3 Å². The highest BCUT2D eigenvalue weighted by Gasteiger charge is 2.34. The fraction of sp³-hybridized carbons (Fsp3) is 0.294. The smallest absolute Gasteiger partial charge is 0.407 e. The second kappa shape index (κ2) is 7.47. The Kier molecular flexibility index (Phi) is 4.84. The zero-order valence-electron chi connectivity index (χ0n) is 14.9. The number of amides is 2. The van der Waals surface area contributed by atoms with E-state index in [1.54, 1.807) is 11.6 Å². The topological polar surface area (TPSA) is 141 Å². The molecular weight excluding hydrogens is 402 g/mol. The van der Waals surface area contributed by atoms with Crippen LogP contribution in [0.2, 0.25) is 0 Å². The van der Waals surface area contributed by atoms with Gasteiger partial charge in [0.05, 0.1) is 16.5 Å². The lowest BCUT2D eigenvalue weighted by molar-refractivity contribution is -0.384. The van der Waals surface area contributed by atoms with E-state index < -0.39 is 22.6 Å². The molecule has 3 aromatic rings. The maximum absolute atomic E-state index is 12.8. The predicted molar refractivity (Wildman–Crippen MR) is 103 cm³/mol. The largest absolute Gasteiger partial charge is 0.420 e. The second-order valence-electron chi connectivity index (χ2n) is 6.43. The van der Waals surface area contributed by atoms with Gasteiger partial charge in [0.15, 0.2) is 10.7 Å². The summed E-state index contributed by atoms with van der Waals surface area (Å²) in [6, 6.07) is 3.08. The van der Waals surface area contributed by atoms with Crippen molar-refractivity contribution >= 4 is 45.1 Å². The molecule has 150 valence electrons. The second-order valence-corrected chi connectivity index (χ2v) is 7.33. The van der Waals surface area contributed by atoms with Gasteiger partial charge in [-0.05, 0) is 18.9 Å². The lowest BCUT2D eigenvalue weighted by Crippen LogP contribution is -2.45. The maximum Gasteiger partial charge on any atom is 0.420 e. The molecule has 0 bridgehead atoms. The van der Waals surface area contributed by atoms with Crippen LogP contribution in [-0.4, -0.2) is 43.8 Å². The number of nitrogens with one attached hydrogen (secondary N) is 1. The van der Waals surface area contributed by atoms with Gasteiger partial charge in [-0.2, -0.15) is 0 Å². The first-order chi connectivity index (χ1) is 13.9. The lowest BCUT2D eigenvalue weighted by atomic mass is 10.2. The van der Waals surface area contributed by atoms with Gasteiger partial charge in [0, 0.05) is 24.2 Å². The molecule has 1 unspecified atom stereocenters. The van der Waals surface area contributed by atoms with Crippen LogP contribution < -0.4 is 11.1 Å². The number of hydrogen-bond donors (Lipinski definition) is 1. The van der Waals surface area contributed by atoms with Crippen LogP contribution in [0.15, 0.2) is 39.0 Å². The number of non-ortho nitro benzene ring substituents is 1. The third-order valence-electron chi connectivity index (χ3n) is 4.69. The van der Waals surface area contributed by atoms with Crippen LogP contribution in [-0.2, 0) is 16.1 Å². The molecule has 1 atom stereocenters. The number of thiazole rings is 1. The molecule has 1 N–H and O–H groups in total. The van der Waals surface area contributed by atoms with Gasteiger partial charge in [-0.1, -0.05) is 0 Å². The summed E-state index contributed by atoms with van der Waals surface area (Å²) in [5.74, 6) is -1.53. The molecule has 0 spiro atoms. The van der Waals surface area contributed by atoms with Crippen molar-refractivity contribution in [3.8, 4) is 0 Å². The van der Waals surface area contributed by atoms with Crippen molar-refractivity contribution in [1.82, 2.24) is 14.5 Å². The number of hydrogen-bond acceptors (Lipinski definition) is 8. The predicted octanol–water partition coefficient (Wildman–Crippen LogP) is 1.59. The van der Waals surface area contributed by atoms with E-state index in [9.17, 15) is 24.5 Å². The Morgan fingerprint density at radius 3 is 2.97 bits per heavy atom. The zero-order chi connectivity index (χ0) is 20.5. The highest BCUT2D eigenvalue weighted by Crippen LogP contribution is 2.23. The number of nitro benzene ring substituents is 1. The van der Waals surface area contributed by atoms with Gasteiger partial charge in [0.25, 0.3) is 5.69 Å². The molecule has 0 aliphatic carbocycles. The van der Waals surface area contributed by atoms with Crippen molar-refractivity contribution in [2.75, 3.05) is 11.9 Å². The van der Waals surface area contributed by atoms with E-state index in [0.717, 1.165) is 10.6 Å². The average molecular weight is 417 g/mol. The Labute approximate surface area is 166 Å². The first kappa shape index (κ1) is 18.8. The summed E-state index contributed by atoms with van der Waals surface area (Å²) in [6.07, 6.45) is 2.74. The number of aromatic nitrogens is 2. The molecule has 29 heavy (non-hydrogen) atoms. The third-order valence-corrected chi connectivity index (χ3v) is 5.38. The van der Waals surface area contributed by atoms with Gasteiger partial charge in [0.1, 0.15) is 12.6 Å². The van der Waals surface area contributed by atoms with E-state index in [4.69, 9.17) is 4.42 Å². The van der Waals surface area contributed by atoms with Crippen molar-refractivity contribution in [3.63, 3.8) is 0 Å². The van der Waals surface area contributed by atoms with E-state index in [0.29, 0.717) is 24.5 Å². The quantitative estimate of drug-likeness (QED) is 0.491. The molecule has 0 radical (unpaired) electrons. The molecule has 1 aromatic carbocycles. The first-order valence-corrected chi connectivity index (χ1v) is 9.59. The van der Waals surface area contributed by atoms with Crippen LogP contribution in [0.25, 0.3) is 11.1 Å². The number of nitro groups is 1. The minimum atomic E-state index is -0.795. The van der Waals surface area contributed by atoms with Crippen molar-refractivity contribution in [3.05, 3.63) is 50.4 Å². The summed E-state index contributed by atoms with van der Waals surface area (Å²) in [4.78, 5) is 53.2. The monoisotopic (exact) mass is 417 g/mol. The van der Waals surface area contributed by atoms with Gasteiger partial charge in [-0.25, -0.2) is 9.78 Å². The molecule has 1 fully saturated rings. The molecule has 4 rings (SSSR count). The van der Waals surface area contributed by atoms with Gasteiger partial charge >= 0.3 is 5.76 Å². The number of nitrogens with zero attached hydrogens (tertiary/aromatic N) is 4. The van der Waals surface area contributed by atoms with Crippen molar-refractivity contribution < 1.29 is 18.9 Å². The van der Waals surface area contributed by atoms with Crippen LogP contribution in [0.4, 0.5) is 10.8 Å². The Morgan fingerprint density at radius 2 is 2.24 bits per heavy atom. The van der Waals surface area contributed by atoms with Crippen LogP contribution in [0.5, 0.6) is 0 Å². The van der Waals surface area contributed by atoms with Gasteiger partial charge in [-0.15, -0.1) is 11.3 Å². The summed E-state index contributed by atoms with van der Waals surface area (Å²) in [7, 11) is 0. The van der Waals surface area contributed by atoms with Crippen molar-refractivity contribution in [1.29, 1.82) is 0 Å². The minimum Gasteiger partial charge on any atom is -0.407 e. The highest BCUT2D eigenvalue weighted by atomic mass is 32.1. The average Bonchev–Trinajstić information content (AvgIpc) is 3.42. The van der Waals surface area contributed by atoms with Crippen LogP contribution >= 0.6 is 11.3 Å². The van der Waals surface area contributed by atoms with E-state index in [1.807, 2.05) is 0 Å². The number of benzene rings is 1. The molecule has 12 heteroatoms. The fourth-order valence-corrected chi connectivity index (χ4v) is 3.89. The molecule has 2 aromatic heterocycles. The number of fused-ring (bicyclic) bond motifs is 1. The summed E-state index contributed by atoms with van der Waals surface area (Å²) < 4.78 is 6.15. The van der Waals surface area contributed by atoms with Crippen LogP contribution in [0.1, 0.15) is 12.8 Å². The first-order valence-electron chi connectivity index (χ1n) is 8.71. The molecule has 2 amide bonds. The number of anilines is 1. The number of oxazole rings is 1. The number of carbonyl (C=O) groups excluding carboxylic acids is 2. The summed E-state index contributed by atoms with van der Waals surface area (Å²) in [6.45, 7) is 0.0650. The van der Waals surface area contributed by atoms with Crippen molar-refractivity contribution in [2.24, 2.45) is 0 Å². The Hall–Kier alpha value is -3.54. The van der Waals surface area contributed by atoms with Crippen LogP contribution in [0.3, 0.4) is 0 Å². The minimum absolute atomic E-state index is 0.0245.